The fraction of sp³-hybridized carbons (Fsp3) is 0.250. The van der Waals surface area contributed by atoms with Gasteiger partial charge >= 0.3 is 0 Å². The number of benzene rings is 3. The molecule has 0 unspecified atom stereocenters. The molecule has 0 aliphatic rings. The molecule has 4 aromatic rings. The van der Waals surface area contributed by atoms with Crippen LogP contribution in [-0.4, -0.2) is 25.2 Å². The predicted octanol–water partition coefficient (Wildman–Crippen LogP) is 5.03. The number of fused-ring (bicyclic) bond motifs is 1. The largest absolute Gasteiger partial charge is 0.508 e. The lowest BCUT2D eigenvalue weighted by Crippen LogP contribution is -2.12. The number of aromatic nitrogens is 3. The number of hydrogen-bond donors (Lipinski definition) is 2. The number of rotatable bonds is 3. The van der Waals surface area contributed by atoms with E-state index >= 15 is 0 Å². The monoisotopic (exact) mass is 387 g/mol. The number of hydrogen-bond acceptors (Lipinski definition) is 4. The highest BCUT2D eigenvalue weighted by Gasteiger charge is 2.19. The van der Waals surface area contributed by atoms with E-state index in [4.69, 9.17) is 0 Å². The fourth-order valence-corrected chi connectivity index (χ4v) is 3.60. The fourth-order valence-electron chi connectivity index (χ4n) is 3.60. The van der Waals surface area contributed by atoms with Crippen molar-refractivity contribution in [2.24, 2.45) is 0 Å². The summed E-state index contributed by atoms with van der Waals surface area (Å²) in [5, 5.41) is 30.2. The molecule has 0 amide bonds. The van der Waals surface area contributed by atoms with Gasteiger partial charge in [-0.3, -0.25) is 0 Å². The van der Waals surface area contributed by atoms with Gasteiger partial charge in [0.25, 0.3) is 0 Å². The van der Waals surface area contributed by atoms with Crippen LogP contribution in [0.15, 0.2) is 54.6 Å². The lowest BCUT2D eigenvalue weighted by atomic mass is 9.84. The van der Waals surface area contributed by atoms with Gasteiger partial charge in [-0.05, 0) is 53.3 Å². The molecule has 0 aliphatic heterocycles. The van der Waals surface area contributed by atoms with E-state index in [1.807, 2.05) is 55.5 Å². The van der Waals surface area contributed by atoms with Crippen molar-refractivity contribution in [3.05, 3.63) is 76.9 Å². The Morgan fingerprint density at radius 2 is 1.55 bits per heavy atom. The van der Waals surface area contributed by atoms with Crippen LogP contribution in [0.1, 0.15) is 43.0 Å². The van der Waals surface area contributed by atoms with E-state index in [1.165, 1.54) is 4.80 Å². The van der Waals surface area contributed by atoms with Crippen molar-refractivity contribution in [1.82, 2.24) is 15.0 Å². The molecular formula is C24H25N3O2. The number of aromatic hydroxyl groups is 2. The van der Waals surface area contributed by atoms with Crippen LogP contribution >= 0.6 is 0 Å². The van der Waals surface area contributed by atoms with E-state index in [2.05, 4.69) is 31.0 Å². The zero-order chi connectivity index (χ0) is 20.8. The molecular weight excluding hydrogens is 362 g/mol. The molecule has 0 fully saturated rings. The van der Waals surface area contributed by atoms with E-state index in [-0.39, 0.29) is 11.2 Å². The zero-order valence-electron chi connectivity index (χ0n) is 17.1. The van der Waals surface area contributed by atoms with Gasteiger partial charge in [0.05, 0.1) is 0 Å². The van der Waals surface area contributed by atoms with Crippen molar-refractivity contribution < 1.29 is 10.2 Å². The summed E-state index contributed by atoms with van der Waals surface area (Å²) in [6, 6.07) is 17.1. The van der Waals surface area contributed by atoms with Crippen molar-refractivity contribution in [3.8, 4) is 17.2 Å². The normalized spacial score (nSPS) is 11.9. The van der Waals surface area contributed by atoms with Crippen molar-refractivity contribution in [1.29, 1.82) is 0 Å². The summed E-state index contributed by atoms with van der Waals surface area (Å²) in [6.45, 7) is 8.21. The summed E-state index contributed by atoms with van der Waals surface area (Å²) in [4.78, 5) is 1.49. The van der Waals surface area contributed by atoms with Gasteiger partial charge in [-0.1, -0.05) is 51.1 Å². The first kappa shape index (κ1) is 19.0. The van der Waals surface area contributed by atoms with Crippen molar-refractivity contribution in [3.63, 3.8) is 0 Å². The third-order valence-electron chi connectivity index (χ3n) is 5.08. The summed E-state index contributed by atoms with van der Waals surface area (Å²) >= 11 is 0. The van der Waals surface area contributed by atoms with Crippen LogP contribution in [0.2, 0.25) is 0 Å². The Kier molecular flexibility index (Phi) is 4.53. The first-order valence-corrected chi connectivity index (χ1v) is 9.70. The summed E-state index contributed by atoms with van der Waals surface area (Å²) in [6.07, 6.45) is 0.546. The summed E-state index contributed by atoms with van der Waals surface area (Å²) in [5.74, 6) is 0.462. The second-order valence-corrected chi connectivity index (χ2v) is 8.55. The van der Waals surface area contributed by atoms with Crippen molar-refractivity contribution in [2.45, 2.75) is 39.5 Å². The molecule has 5 nitrogen and oxygen atoms in total. The Morgan fingerprint density at radius 1 is 0.897 bits per heavy atom. The quantitative estimate of drug-likeness (QED) is 0.517. The van der Waals surface area contributed by atoms with E-state index in [0.717, 1.165) is 33.3 Å². The number of phenolic OH excluding ortho intramolecular Hbond substituents is 2. The highest BCUT2D eigenvalue weighted by Crippen LogP contribution is 2.34. The van der Waals surface area contributed by atoms with E-state index in [0.29, 0.717) is 17.9 Å². The molecule has 148 valence electrons. The minimum atomic E-state index is -0.168. The molecule has 5 heteroatoms. The molecule has 29 heavy (non-hydrogen) atoms. The molecule has 0 radical (unpaired) electrons. The smallest absolute Gasteiger partial charge is 0.146 e. The third-order valence-corrected chi connectivity index (χ3v) is 5.08. The van der Waals surface area contributed by atoms with E-state index in [9.17, 15) is 10.2 Å². The lowest BCUT2D eigenvalue weighted by Gasteiger charge is -2.21. The van der Waals surface area contributed by atoms with E-state index < -0.39 is 0 Å². The zero-order valence-corrected chi connectivity index (χ0v) is 17.1. The Labute approximate surface area is 170 Å². The number of aryl methyl sites for hydroxylation is 1. The van der Waals surface area contributed by atoms with Gasteiger partial charge in [0.1, 0.15) is 28.2 Å². The standard InChI is InChI=1S/C24H25N3O2/c1-15-11-17(13-16-9-10-22(28)18(14-16)24(2,3)4)23(29)21(12-15)27-25-19-7-5-6-8-20(19)26-27/h5-12,14,28-29H,13H2,1-4H3. The van der Waals surface area contributed by atoms with Crippen LogP contribution in [0.4, 0.5) is 0 Å². The van der Waals surface area contributed by atoms with Gasteiger partial charge in [0.15, 0.2) is 0 Å². The van der Waals surface area contributed by atoms with Crippen molar-refractivity contribution >= 4 is 11.0 Å². The second kappa shape index (κ2) is 6.92. The Bertz CT molecular complexity index is 1170. The lowest BCUT2D eigenvalue weighted by molar-refractivity contribution is 0.446. The van der Waals surface area contributed by atoms with Gasteiger partial charge in [0, 0.05) is 12.0 Å². The van der Waals surface area contributed by atoms with Crippen LogP contribution in [-0.2, 0) is 11.8 Å². The number of phenols is 2. The van der Waals surface area contributed by atoms with Crippen molar-refractivity contribution in [2.75, 3.05) is 0 Å². The highest BCUT2D eigenvalue weighted by atomic mass is 16.3. The topological polar surface area (TPSA) is 71.2 Å². The molecule has 0 bridgehead atoms. The molecule has 0 atom stereocenters. The molecule has 0 aliphatic carbocycles. The molecule has 0 spiro atoms. The first-order chi connectivity index (χ1) is 13.7. The molecule has 0 saturated heterocycles. The van der Waals surface area contributed by atoms with Gasteiger partial charge < -0.3 is 10.2 Å². The van der Waals surface area contributed by atoms with Crippen LogP contribution in [0.5, 0.6) is 11.5 Å². The first-order valence-electron chi connectivity index (χ1n) is 9.70. The SMILES string of the molecule is Cc1cc(Cc2ccc(O)c(C(C)(C)C)c2)c(O)c(-n2nc3ccccc3n2)c1. The Morgan fingerprint density at radius 3 is 2.17 bits per heavy atom. The molecule has 1 heterocycles. The van der Waals surface area contributed by atoms with Crippen LogP contribution in [0, 0.1) is 6.92 Å². The summed E-state index contributed by atoms with van der Waals surface area (Å²) in [7, 11) is 0. The maximum atomic E-state index is 11.0. The van der Waals surface area contributed by atoms with Gasteiger partial charge in [-0.2, -0.15) is 0 Å². The molecule has 2 N–H and O–H groups in total. The average molecular weight is 387 g/mol. The maximum Gasteiger partial charge on any atom is 0.146 e. The highest BCUT2D eigenvalue weighted by molar-refractivity contribution is 5.73. The second-order valence-electron chi connectivity index (χ2n) is 8.55. The van der Waals surface area contributed by atoms with E-state index in [1.54, 1.807) is 6.07 Å². The van der Waals surface area contributed by atoms with Gasteiger partial charge in [-0.15, -0.1) is 15.0 Å². The van der Waals surface area contributed by atoms with Crippen LogP contribution < -0.4 is 0 Å². The molecule has 4 rings (SSSR count). The maximum absolute atomic E-state index is 11.0. The Hall–Kier alpha value is -3.34. The minimum absolute atomic E-state index is 0.168. The third kappa shape index (κ3) is 3.68. The van der Waals surface area contributed by atoms with Crippen LogP contribution in [0.3, 0.4) is 0 Å². The Balaban J connectivity index is 1.76. The van der Waals surface area contributed by atoms with Gasteiger partial charge in [-0.25, -0.2) is 0 Å². The molecule has 0 saturated carbocycles. The average Bonchev–Trinajstić information content (AvgIpc) is 3.09. The van der Waals surface area contributed by atoms with Crippen LogP contribution in [0.25, 0.3) is 16.7 Å². The minimum Gasteiger partial charge on any atom is -0.508 e. The summed E-state index contributed by atoms with van der Waals surface area (Å²) < 4.78 is 0. The molecule has 1 aromatic heterocycles. The molecule has 3 aromatic carbocycles. The van der Waals surface area contributed by atoms with Gasteiger partial charge in [0.2, 0.25) is 0 Å². The predicted molar refractivity (Wildman–Crippen MR) is 115 cm³/mol. The number of nitrogens with zero attached hydrogens (tertiary/aromatic N) is 3. The summed E-state index contributed by atoms with van der Waals surface area (Å²) in [5.41, 5.74) is 5.69.